The van der Waals surface area contributed by atoms with Crippen LogP contribution in [0.25, 0.3) is 0 Å². The molecule has 0 aromatic carbocycles. The Hall–Kier alpha value is -1.40. The summed E-state index contributed by atoms with van der Waals surface area (Å²) in [5.41, 5.74) is -0.354. The number of aliphatic hydroxyl groups is 2. The third-order valence-corrected chi connectivity index (χ3v) is 3.25. The number of hydrogen-bond acceptors (Lipinski definition) is 5. The van der Waals surface area contributed by atoms with Gasteiger partial charge in [-0.05, 0) is 11.3 Å². The Balaban J connectivity index is 2.42. The van der Waals surface area contributed by atoms with Gasteiger partial charge in [-0.1, -0.05) is 19.9 Å². The van der Waals surface area contributed by atoms with Crippen molar-refractivity contribution in [3.8, 4) is 0 Å². The van der Waals surface area contributed by atoms with Crippen LogP contribution in [0.4, 0.5) is 0 Å². The van der Waals surface area contributed by atoms with Crippen LogP contribution in [0.3, 0.4) is 0 Å². The minimum atomic E-state index is -1.09. The van der Waals surface area contributed by atoms with E-state index in [-0.39, 0.29) is 17.9 Å². The molecule has 1 fully saturated rings. The zero-order valence-electron chi connectivity index (χ0n) is 10.4. The van der Waals surface area contributed by atoms with E-state index in [0.29, 0.717) is 0 Å². The molecule has 3 atom stereocenters. The van der Waals surface area contributed by atoms with E-state index in [1.165, 1.54) is 12.2 Å². The number of carbonyl (C=O) groups is 2. The molecule has 1 aliphatic rings. The largest absolute Gasteiger partial charge is 0.481 e. The Morgan fingerprint density at radius 3 is 2.50 bits per heavy atom. The first-order valence-electron chi connectivity index (χ1n) is 5.67. The number of carboxylic acids is 1. The van der Waals surface area contributed by atoms with Gasteiger partial charge in [-0.2, -0.15) is 0 Å². The van der Waals surface area contributed by atoms with Crippen molar-refractivity contribution in [2.24, 2.45) is 17.3 Å². The highest BCUT2D eigenvalue weighted by Crippen LogP contribution is 2.58. The number of aliphatic hydroxyl groups excluding tert-OH is 2. The Labute approximate surface area is 105 Å². The molecule has 6 heteroatoms. The number of esters is 1. The third kappa shape index (κ3) is 3.30. The summed E-state index contributed by atoms with van der Waals surface area (Å²) < 4.78 is 4.65. The quantitative estimate of drug-likeness (QED) is 0.450. The Morgan fingerprint density at radius 1 is 1.44 bits per heavy atom. The van der Waals surface area contributed by atoms with Crippen LogP contribution in [0, 0.1) is 17.3 Å². The predicted octanol–water partition coefficient (Wildman–Crippen LogP) is -0.204. The molecule has 1 rings (SSSR count). The smallest absolute Gasteiger partial charge is 0.330 e. The van der Waals surface area contributed by atoms with Crippen molar-refractivity contribution in [1.29, 1.82) is 0 Å². The molecule has 0 aromatic rings. The third-order valence-electron chi connectivity index (χ3n) is 3.25. The summed E-state index contributed by atoms with van der Waals surface area (Å²) in [6.07, 6.45) is 1.60. The predicted molar refractivity (Wildman–Crippen MR) is 61.6 cm³/mol. The first-order valence-corrected chi connectivity index (χ1v) is 5.67. The molecule has 0 heterocycles. The van der Waals surface area contributed by atoms with Gasteiger partial charge in [0.1, 0.15) is 12.7 Å². The SMILES string of the molecule is CC1(C)C(/C=C\C(=O)OCC(O)CO)C1C(=O)O. The molecule has 0 aliphatic heterocycles. The van der Waals surface area contributed by atoms with Gasteiger partial charge in [-0.25, -0.2) is 4.79 Å². The monoisotopic (exact) mass is 258 g/mol. The van der Waals surface area contributed by atoms with E-state index in [2.05, 4.69) is 4.74 Å². The lowest BCUT2D eigenvalue weighted by Gasteiger charge is -2.06. The van der Waals surface area contributed by atoms with E-state index in [1.54, 1.807) is 0 Å². The number of carboxylic acid groups (broad SMARTS) is 1. The van der Waals surface area contributed by atoms with Gasteiger partial charge < -0.3 is 20.1 Å². The van der Waals surface area contributed by atoms with Crippen molar-refractivity contribution in [1.82, 2.24) is 0 Å². The van der Waals surface area contributed by atoms with Gasteiger partial charge in [-0.3, -0.25) is 4.79 Å². The molecule has 18 heavy (non-hydrogen) atoms. The van der Waals surface area contributed by atoms with E-state index in [4.69, 9.17) is 15.3 Å². The van der Waals surface area contributed by atoms with Crippen LogP contribution < -0.4 is 0 Å². The van der Waals surface area contributed by atoms with Gasteiger partial charge in [0.25, 0.3) is 0 Å². The van der Waals surface area contributed by atoms with E-state index >= 15 is 0 Å². The lowest BCUT2D eigenvalue weighted by molar-refractivity contribution is -0.141. The lowest BCUT2D eigenvalue weighted by Crippen LogP contribution is -2.21. The molecule has 3 N–H and O–H groups in total. The summed E-state index contributed by atoms with van der Waals surface area (Å²) >= 11 is 0. The maximum absolute atomic E-state index is 11.2. The second-order valence-electron chi connectivity index (χ2n) is 4.99. The fraction of sp³-hybridized carbons (Fsp3) is 0.667. The molecule has 0 aromatic heterocycles. The van der Waals surface area contributed by atoms with Gasteiger partial charge >= 0.3 is 11.9 Å². The molecule has 1 aliphatic carbocycles. The van der Waals surface area contributed by atoms with E-state index in [9.17, 15) is 9.59 Å². The summed E-state index contributed by atoms with van der Waals surface area (Å²) in [6.45, 7) is 2.88. The zero-order chi connectivity index (χ0) is 13.9. The normalized spacial score (nSPS) is 26.9. The topological polar surface area (TPSA) is 104 Å². The molecule has 0 amide bonds. The Bertz CT molecular complexity index is 360. The van der Waals surface area contributed by atoms with E-state index in [0.717, 1.165) is 0 Å². The van der Waals surface area contributed by atoms with Crippen LogP contribution in [0.1, 0.15) is 13.8 Å². The van der Waals surface area contributed by atoms with Crippen LogP contribution in [0.5, 0.6) is 0 Å². The van der Waals surface area contributed by atoms with Gasteiger partial charge in [-0.15, -0.1) is 0 Å². The van der Waals surface area contributed by atoms with Crippen LogP contribution in [-0.2, 0) is 14.3 Å². The Morgan fingerprint density at radius 2 is 2.06 bits per heavy atom. The minimum Gasteiger partial charge on any atom is -0.481 e. The Kier molecular flexibility index (Phi) is 4.48. The molecule has 6 nitrogen and oxygen atoms in total. The van der Waals surface area contributed by atoms with Gasteiger partial charge in [0.2, 0.25) is 0 Å². The summed E-state index contributed by atoms with van der Waals surface area (Å²) in [5, 5.41) is 26.4. The fourth-order valence-electron chi connectivity index (χ4n) is 1.97. The zero-order valence-corrected chi connectivity index (χ0v) is 10.4. The van der Waals surface area contributed by atoms with Crippen LogP contribution >= 0.6 is 0 Å². The molecule has 3 unspecified atom stereocenters. The van der Waals surface area contributed by atoms with Crippen LogP contribution in [-0.4, -0.2) is 46.6 Å². The molecule has 0 spiro atoms. The van der Waals surface area contributed by atoms with E-state index in [1.807, 2.05) is 13.8 Å². The van der Waals surface area contributed by atoms with Gasteiger partial charge in [0, 0.05) is 6.08 Å². The highest BCUT2D eigenvalue weighted by atomic mass is 16.5. The summed E-state index contributed by atoms with van der Waals surface area (Å²) in [6, 6.07) is 0. The highest BCUT2D eigenvalue weighted by Gasteiger charge is 2.60. The number of rotatable bonds is 6. The van der Waals surface area contributed by atoms with Crippen molar-refractivity contribution < 1.29 is 29.6 Å². The highest BCUT2D eigenvalue weighted by molar-refractivity contribution is 5.83. The first kappa shape index (κ1) is 14.7. The molecule has 0 saturated heterocycles. The van der Waals surface area contributed by atoms with Gasteiger partial charge in [0.15, 0.2) is 0 Å². The van der Waals surface area contributed by atoms with Crippen molar-refractivity contribution in [3.05, 3.63) is 12.2 Å². The lowest BCUT2D eigenvalue weighted by atomic mass is 10.1. The molecule has 0 bridgehead atoms. The van der Waals surface area contributed by atoms with Crippen molar-refractivity contribution in [2.75, 3.05) is 13.2 Å². The fourth-order valence-corrected chi connectivity index (χ4v) is 1.97. The molecular weight excluding hydrogens is 240 g/mol. The van der Waals surface area contributed by atoms with Gasteiger partial charge in [0.05, 0.1) is 12.5 Å². The molecular formula is C12H18O6. The number of aliphatic carboxylic acids is 1. The van der Waals surface area contributed by atoms with Crippen molar-refractivity contribution >= 4 is 11.9 Å². The summed E-state index contributed by atoms with van der Waals surface area (Å²) in [5.74, 6) is -2.21. The molecule has 1 saturated carbocycles. The minimum absolute atomic E-state index is 0.190. The molecule has 0 radical (unpaired) electrons. The summed E-state index contributed by atoms with van der Waals surface area (Å²) in [4.78, 5) is 22.1. The summed E-state index contributed by atoms with van der Waals surface area (Å²) in [7, 11) is 0. The van der Waals surface area contributed by atoms with Crippen molar-refractivity contribution in [3.63, 3.8) is 0 Å². The standard InChI is InChI=1S/C12H18O6/c1-12(2)8(10(12)11(16)17)3-4-9(15)18-6-7(14)5-13/h3-4,7-8,10,13-14H,5-6H2,1-2H3,(H,16,17)/b4-3-. The number of allylic oxidation sites excluding steroid dienone is 1. The number of carbonyl (C=O) groups excluding carboxylic acids is 1. The maximum Gasteiger partial charge on any atom is 0.330 e. The second kappa shape index (κ2) is 5.49. The average molecular weight is 258 g/mol. The first-order chi connectivity index (χ1) is 8.30. The van der Waals surface area contributed by atoms with Crippen molar-refractivity contribution in [2.45, 2.75) is 20.0 Å². The average Bonchev–Trinajstić information content (AvgIpc) is 2.85. The van der Waals surface area contributed by atoms with E-state index < -0.39 is 30.6 Å². The van der Waals surface area contributed by atoms with Crippen LogP contribution in [0.2, 0.25) is 0 Å². The number of ether oxygens (including phenoxy) is 1. The number of hydrogen-bond donors (Lipinski definition) is 3. The maximum atomic E-state index is 11.2. The van der Waals surface area contributed by atoms with Crippen LogP contribution in [0.15, 0.2) is 12.2 Å². The molecule has 102 valence electrons. The second-order valence-corrected chi connectivity index (χ2v) is 4.99.